The van der Waals surface area contributed by atoms with Crippen LogP contribution in [0.3, 0.4) is 0 Å². The summed E-state index contributed by atoms with van der Waals surface area (Å²) in [6, 6.07) is 0.661. The lowest BCUT2D eigenvalue weighted by molar-refractivity contribution is 0.171. The maximum Gasteiger partial charge on any atom is 0.105 e. The second-order valence-electron chi connectivity index (χ2n) is 5.32. The van der Waals surface area contributed by atoms with Gasteiger partial charge in [-0.15, -0.1) is 0 Å². The minimum absolute atomic E-state index is 0.661. The van der Waals surface area contributed by atoms with Crippen molar-refractivity contribution in [1.29, 1.82) is 0 Å². The minimum Gasteiger partial charge on any atom is -0.334 e. The van der Waals surface area contributed by atoms with Crippen molar-refractivity contribution in [2.24, 2.45) is 0 Å². The van der Waals surface area contributed by atoms with Crippen molar-refractivity contribution in [3.63, 3.8) is 0 Å². The Balaban J connectivity index is 1.61. The van der Waals surface area contributed by atoms with Gasteiger partial charge in [-0.3, -0.25) is 4.90 Å². The molecule has 2 rings (SSSR count). The van der Waals surface area contributed by atoms with Crippen LogP contribution in [0.5, 0.6) is 0 Å². The molecule has 0 saturated carbocycles. The van der Waals surface area contributed by atoms with Gasteiger partial charge in [0.1, 0.15) is 5.82 Å². The fourth-order valence-electron chi connectivity index (χ4n) is 2.64. The highest BCUT2D eigenvalue weighted by atomic mass is 15.2. The lowest BCUT2D eigenvalue weighted by atomic mass is 10.1. The van der Waals surface area contributed by atoms with Gasteiger partial charge >= 0.3 is 0 Å². The molecule has 1 aromatic heterocycles. The van der Waals surface area contributed by atoms with Crippen molar-refractivity contribution < 1.29 is 0 Å². The number of rotatable bonds is 6. The summed E-state index contributed by atoms with van der Waals surface area (Å²) in [4.78, 5) is 6.84. The van der Waals surface area contributed by atoms with Gasteiger partial charge in [0.05, 0.1) is 0 Å². The average Bonchev–Trinajstić information content (AvgIpc) is 2.81. The zero-order valence-electron chi connectivity index (χ0n) is 11.7. The highest BCUT2D eigenvalue weighted by molar-refractivity contribution is 4.88. The third kappa shape index (κ3) is 3.82. The second-order valence-corrected chi connectivity index (χ2v) is 5.32. The molecule has 18 heavy (non-hydrogen) atoms. The number of hydrogen-bond acceptors (Lipinski definition) is 3. The van der Waals surface area contributed by atoms with Crippen LogP contribution >= 0.6 is 0 Å². The van der Waals surface area contributed by atoms with Crippen LogP contribution in [0.25, 0.3) is 0 Å². The molecule has 1 atom stereocenters. The van der Waals surface area contributed by atoms with Crippen LogP contribution in [0, 0.1) is 6.92 Å². The molecule has 0 aromatic carbocycles. The number of aryl methyl sites for hydroxylation is 1. The van der Waals surface area contributed by atoms with E-state index in [2.05, 4.69) is 33.6 Å². The highest BCUT2D eigenvalue weighted by Crippen LogP contribution is 2.11. The van der Waals surface area contributed by atoms with Gasteiger partial charge in [-0.1, -0.05) is 6.42 Å². The first kappa shape index (κ1) is 13.6. The predicted molar refractivity (Wildman–Crippen MR) is 74.7 cm³/mol. The van der Waals surface area contributed by atoms with E-state index in [1.165, 1.54) is 32.4 Å². The summed E-state index contributed by atoms with van der Waals surface area (Å²) < 4.78 is 2.19. The minimum atomic E-state index is 0.661. The Hall–Kier alpha value is -0.870. The third-order valence-corrected chi connectivity index (χ3v) is 3.91. The summed E-state index contributed by atoms with van der Waals surface area (Å²) in [6.45, 7) is 10.1. The van der Waals surface area contributed by atoms with Crippen molar-refractivity contribution in [1.82, 2.24) is 19.8 Å². The van der Waals surface area contributed by atoms with Crippen LogP contribution < -0.4 is 5.32 Å². The van der Waals surface area contributed by atoms with E-state index in [4.69, 9.17) is 0 Å². The van der Waals surface area contributed by atoms with Gasteiger partial charge in [-0.05, 0) is 39.8 Å². The van der Waals surface area contributed by atoms with E-state index >= 15 is 0 Å². The van der Waals surface area contributed by atoms with Crippen LogP contribution in [-0.2, 0) is 6.54 Å². The molecule has 1 N–H and O–H groups in total. The monoisotopic (exact) mass is 250 g/mol. The number of nitrogens with zero attached hydrogens (tertiary/aromatic N) is 3. The predicted octanol–water partition coefficient (Wildman–Crippen LogP) is 1.66. The van der Waals surface area contributed by atoms with Gasteiger partial charge in [0, 0.05) is 38.1 Å². The number of imidazole rings is 1. The molecular formula is C14H26N4. The zero-order chi connectivity index (χ0) is 12.8. The summed E-state index contributed by atoms with van der Waals surface area (Å²) in [7, 11) is 0. The van der Waals surface area contributed by atoms with Crippen LogP contribution in [0.2, 0.25) is 0 Å². The SMILES string of the molecule is Cc1nccn1CCNCC(C)N1CCCCC1. The topological polar surface area (TPSA) is 33.1 Å². The molecule has 0 radical (unpaired) electrons. The second kappa shape index (κ2) is 6.90. The molecule has 1 aliphatic heterocycles. The van der Waals surface area contributed by atoms with E-state index in [1.807, 2.05) is 12.4 Å². The molecule has 0 bridgehead atoms. The number of likely N-dealkylation sites (tertiary alicyclic amines) is 1. The lowest BCUT2D eigenvalue weighted by Gasteiger charge is -2.32. The number of nitrogens with one attached hydrogen (secondary N) is 1. The Bertz CT molecular complexity index is 341. The molecule has 0 spiro atoms. The molecule has 1 aliphatic rings. The molecule has 1 aromatic rings. The normalized spacial score (nSPS) is 19.0. The Kier molecular flexibility index (Phi) is 5.20. The molecule has 1 fully saturated rings. The lowest BCUT2D eigenvalue weighted by Crippen LogP contribution is -2.43. The summed E-state index contributed by atoms with van der Waals surface area (Å²) in [5.41, 5.74) is 0. The molecule has 1 saturated heterocycles. The summed E-state index contributed by atoms with van der Waals surface area (Å²) >= 11 is 0. The van der Waals surface area contributed by atoms with E-state index in [0.717, 1.165) is 25.5 Å². The van der Waals surface area contributed by atoms with Gasteiger partial charge in [-0.25, -0.2) is 4.98 Å². The number of hydrogen-bond donors (Lipinski definition) is 1. The Morgan fingerprint density at radius 1 is 1.33 bits per heavy atom. The van der Waals surface area contributed by atoms with Crippen LogP contribution in [-0.4, -0.2) is 46.7 Å². The molecule has 2 heterocycles. The fraction of sp³-hybridized carbons (Fsp3) is 0.786. The van der Waals surface area contributed by atoms with Crippen molar-refractivity contribution in [2.45, 2.75) is 45.7 Å². The first-order valence-electron chi connectivity index (χ1n) is 7.20. The molecule has 102 valence electrons. The first-order chi connectivity index (χ1) is 8.77. The Morgan fingerprint density at radius 2 is 2.11 bits per heavy atom. The van der Waals surface area contributed by atoms with Crippen molar-refractivity contribution in [3.05, 3.63) is 18.2 Å². The average molecular weight is 250 g/mol. The molecule has 0 aliphatic carbocycles. The Morgan fingerprint density at radius 3 is 2.78 bits per heavy atom. The molecule has 1 unspecified atom stereocenters. The van der Waals surface area contributed by atoms with E-state index in [1.54, 1.807) is 0 Å². The zero-order valence-corrected chi connectivity index (χ0v) is 11.7. The largest absolute Gasteiger partial charge is 0.334 e. The number of piperidine rings is 1. The molecule has 4 heteroatoms. The van der Waals surface area contributed by atoms with Gasteiger partial charge in [-0.2, -0.15) is 0 Å². The van der Waals surface area contributed by atoms with Gasteiger partial charge < -0.3 is 9.88 Å². The van der Waals surface area contributed by atoms with Crippen molar-refractivity contribution in [3.8, 4) is 0 Å². The van der Waals surface area contributed by atoms with Gasteiger partial charge in [0.15, 0.2) is 0 Å². The maximum absolute atomic E-state index is 4.23. The van der Waals surface area contributed by atoms with Crippen molar-refractivity contribution in [2.75, 3.05) is 26.2 Å². The third-order valence-electron chi connectivity index (χ3n) is 3.91. The summed E-state index contributed by atoms with van der Waals surface area (Å²) in [6.07, 6.45) is 8.07. The van der Waals surface area contributed by atoms with Gasteiger partial charge in [0.25, 0.3) is 0 Å². The van der Waals surface area contributed by atoms with E-state index in [9.17, 15) is 0 Å². The highest BCUT2D eigenvalue weighted by Gasteiger charge is 2.15. The Labute approximate surface area is 110 Å². The fourth-order valence-corrected chi connectivity index (χ4v) is 2.64. The summed E-state index contributed by atoms with van der Waals surface area (Å²) in [5.74, 6) is 1.10. The van der Waals surface area contributed by atoms with Crippen LogP contribution in [0.15, 0.2) is 12.4 Å². The number of aromatic nitrogens is 2. The maximum atomic E-state index is 4.23. The summed E-state index contributed by atoms with van der Waals surface area (Å²) in [5, 5.41) is 3.56. The molecule has 4 nitrogen and oxygen atoms in total. The standard InChI is InChI=1S/C14H26N4/c1-13(17-8-4-3-5-9-17)12-15-6-10-18-11-7-16-14(18)2/h7,11,13,15H,3-6,8-10,12H2,1-2H3. The molecular weight excluding hydrogens is 224 g/mol. The van der Waals surface area contributed by atoms with E-state index in [0.29, 0.717) is 6.04 Å². The molecule has 0 amide bonds. The quantitative estimate of drug-likeness (QED) is 0.779. The van der Waals surface area contributed by atoms with E-state index < -0.39 is 0 Å². The van der Waals surface area contributed by atoms with Crippen LogP contribution in [0.4, 0.5) is 0 Å². The van der Waals surface area contributed by atoms with E-state index in [-0.39, 0.29) is 0 Å². The first-order valence-corrected chi connectivity index (χ1v) is 7.20. The van der Waals surface area contributed by atoms with Gasteiger partial charge in [0.2, 0.25) is 0 Å². The van der Waals surface area contributed by atoms with Crippen LogP contribution in [0.1, 0.15) is 32.0 Å². The van der Waals surface area contributed by atoms with Crippen molar-refractivity contribution >= 4 is 0 Å². The smallest absolute Gasteiger partial charge is 0.105 e.